The highest BCUT2D eigenvalue weighted by Crippen LogP contribution is 2.19. The van der Waals surface area contributed by atoms with Gasteiger partial charge in [0.15, 0.2) is 0 Å². The van der Waals surface area contributed by atoms with E-state index in [4.69, 9.17) is 4.74 Å². The normalized spacial score (nSPS) is 18.4. The van der Waals surface area contributed by atoms with Gasteiger partial charge in [-0.1, -0.05) is 15.9 Å². The molecule has 0 aromatic heterocycles. The fourth-order valence-electron chi connectivity index (χ4n) is 2.13. The average molecular weight is 360 g/mol. The van der Waals surface area contributed by atoms with Crippen LogP contribution < -0.4 is 0 Å². The van der Waals surface area contributed by atoms with Crippen molar-refractivity contribution in [3.8, 4) is 0 Å². The first-order valence-corrected chi connectivity index (χ1v) is 7.23. The van der Waals surface area contributed by atoms with Crippen molar-refractivity contribution >= 4 is 27.8 Å². The largest absolute Gasteiger partial charge is 0.469 e. The predicted molar refractivity (Wildman–Crippen MR) is 76.4 cm³/mol. The van der Waals surface area contributed by atoms with Crippen LogP contribution in [0, 0.1) is 5.82 Å². The molecule has 0 saturated carbocycles. The van der Waals surface area contributed by atoms with Crippen molar-refractivity contribution in [2.45, 2.75) is 12.5 Å². The van der Waals surface area contributed by atoms with E-state index >= 15 is 0 Å². The zero-order valence-corrected chi connectivity index (χ0v) is 13.1. The van der Waals surface area contributed by atoms with E-state index in [2.05, 4.69) is 20.7 Å². The quantitative estimate of drug-likeness (QED) is 0.774. The first-order chi connectivity index (χ1) is 10.0. The first-order valence-electron chi connectivity index (χ1n) is 6.44. The number of rotatable bonds is 3. The molecule has 5 nitrogen and oxygen atoms in total. The summed E-state index contributed by atoms with van der Waals surface area (Å²) >= 11 is 3.15. The Hall–Kier alpha value is -1.47. The van der Waals surface area contributed by atoms with Crippen LogP contribution in [-0.4, -0.2) is 49.7 Å². The topological polar surface area (TPSA) is 55.8 Å². The van der Waals surface area contributed by atoms with Gasteiger partial charge in [-0.25, -0.2) is 4.39 Å². The van der Waals surface area contributed by atoms with Crippen LogP contribution in [0.5, 0.6) is 0 Å². The van der Waals surface area contributed by atoms with E-state index in [-0.39, 0.29) is 18.5 Å². The van der Waals surface area contributed by atoms with E-state index in [1.807, 2.05) is 0 Å². The molecule has 0 N–H and O–H groups in total. The number of benzene rings is 1. The van der Waals surface area contributed by atoms with Gasteiger partial charge in [-0.2, -0.15) is 0 Å². The third-order valence-corrected chi connectivity index (χ3v) is 3.70. The lowest BCUT2D eigenvalue weighted by Gasteiger charge is -2.32. The number of esters is 1. The zero-order valence-electron chi connectivity index (χ0n) is 11.5. The molecule has 1 heterocycles. The lowest BCUT2D eigenvalue weighted by molar-refractivity contribution is -0.145. The van der Waals surface area contributed by atoms with Gasteiger partial charge in [-0.05, 0) is 18.2 Å². The fraction of sp³-hybridized carbons (Fsp3) is 0.429. The second kappa shape index (κ2) is 7.00. The van der Waals surface area contributed by atoms with Crippen LogP contribution in [0.1, 0.15) is 16.8 Å². The molecule has 1 amide bonds. The first kappa shape index (κ1) is 15.9. The fourth-order valence-corrected chi connectivity index (χ4v) is 2.46. The minimum atomic E-state index is -0.578. The Labute approximate surface area is 130 Å². The van der Waals surface area contributed by atoms with Crippen LogP contribution in [0.15, 0.2) is 22.7 Å². The van der Waals surface area contributed by atoms with Crippen LogP contribution in [-0.2, 0) is 14.3 Å². The Morgan fingerprint density at radius 3 is 2.95 bits per heavy atom. The molecule has 0 radical (unpaired) electrons. The summed E-state index contributed by atoms with van der Waals surface area (Å²) in [5.41, 5.74) is 0.0110. The van der Waals surface area contributed by atoms with Gasteiger partial charge in [0, 0.05) is 17.6 Å². The zero-order chi connectivity index (χ0) is 15.4. The molecule has 1 fully saturated rings. The van der Waals surface area contributed by atoms with E-state index in [0.717, 1.165) is 0 Å². The lowest BCUT2D eigenvalue weighted by atomic mass is 10.1. The molecule has 0 aliphatic carbocycles. The van der Waals surface area contributed by atoms with Crippen LogP contribution in [0.3, 0.4) is 0 Å². The average Bonchev–Trinajstić information content (AvgIpc) is 2.47. The van der Waals surface area contributed by atoms with Gasteiger partial charge in [0.2, 0.25) is 0 Å². The van der Waals surface area contributed by atoms with Crippen LogP contribution >= 0.6 is 15.9 Å². The minimum absolute atomic E-state index is 0.0110. The van der Waals surface area contributed by atoms with Crippen molar-refractivity contribution in [3.63, 3.8) is 0 Å². The molecule has 1 saturated heterocycles. The highest BCUT2D eigenvalue weighted by Gasteiger charge is 2.28. The van der Waals surface area contributed by atoms with Crippen molar-refractivity contribution < 1.29 is 23.5 Å². The summed E-state index contributed by atoms with van der Waals surface area (Å²) in [5, 5.41) is 0. The Bertz CT molecular complexity index is 552. The number of halogens is 2. The molecular formula is C14H15BrFNO4. The maximum absolute atomic E-state index is 13.8. The second-order valence-corrected chi connectivity index (χ2v) is 5.56. The molecule has 114 valence electrons. The third kappa shape index (κ3) is 4.01. The molecule has 1 aromatic carbocycles. The monoisotopic (exact) mass is 359 g/mol. The van der Waals surface area contributed by atoms with Crippen molar-refractivity contribution in [2.75, 3.05) is 26.8 Å². The lowest BCUT2D eigenvalue weighted by Crippen LogP contribution is -2.46. The van der Waals surface area contributed by atoms with E-state index in [0.29, 0.717) is 17.6 Å². The van der Waals surface area contributed by atoms with Crippen molar-refractivity contribution in [1.29, 1.82) is 0 Å². The molecular weight excluding hydrogens is 345 g/mol. The van der Waals surface area contributed by atoms with Crippen molar-refractivity contribution in [1.82, 2.24) is 4.90 Å². The summed E-state index contributed by atoms with van der Waals surface area (Å²) in [6, 6.07) is 4.30. The number of amides is 1. The summed E-state index contributed by atoms with van der Waals surface area (Å²) in [6.07, 6.45) is -0.350. The highest BCUT2D eigenvalue weighted by atomic mass is 79.9. The maximum Gasteiger partial charge on any atom is 0.308 e. The molecule has 1 aliphatic heterocycles. The van der Waals surface area contributed by atoms with Crippen LogP contribution in [0.4, 0.5) is 4.39 Å². The Kier molecular flexibility index (Phi) is 5.30. The Morgan fingerprint density at radius 1 is 1.52 bits per heavy atom. The van der Waals surface area contributed by atoms with Gasteiger partial charge < -0.3 is 14.4 Å². The van der Waals surface area contributed by atoms with Gasteiger partial charge >= 0.3 is 5.97 Å². The number of ether oxygens (including phenoxy) is 2. The molecule has 0 bridgehead atoms. The third-order valence-electron chi connectivity index (χ3n) is 3.21. The number of hydrogen-bond donors (Lipinski definition) is 0. The summed E-state index contributed by atoms with van der Waals surface area (Å²) < 4.78 is 24.4. The van der Waals surface area contributed by atoms with E-state index < -0.39 is 23.8 Å². The Balaban J connectivity index is 2.06. The van der Waals surface area contributed by atoms with E-state index in [9.17, 15) is 14.0 Å². The number of carbonyl (C=O) groups excluding carboxylic acids is 2. The number of morpholine rings is 1. The summed E-state index contributed by atoms with van der Waals surface area (Å²) in [4.78, 5) is 25.1. The van der Waals surface area contributed by atoms with Crippen molar-refractivity contribution in [3.05, 3.63) is 34.1 Å². The molecule has 7 heteroatoms. The van der Waals surface area contributed by atoms with Gasteiger partial charge in [-0.15, -0.1) is 0 Å². The van der Waals surface area contributed by atoms with Gasteiger partial charge in [0.1, 0.15) is 5.82 Å². The smallest absolute Gasteiger partial charge is 0.308 e. The molecule has 2 rings (SSSR count). The van der Waals surface area contributed by atoms with E-state index in [1.165, 1.54) is 24.1 Å². The minimum Gasteiger partial charge on any atom is -0.469 e. The van der Waals surface area contributed by atoms with Gasteiger partial charge in [0.05, 0.1) is 31.8 Å². The molecule has 21 heavy (non-hydrogen) atoms. The van der Waals surface area contributed by atoms with Gasteiger partial charge in [0.25, 0.3) is 5.91 Å². The number of methoxy groups -OCH3 is 1. The summed E-state index contributed by atoms with van der Waals surface area (Å²) in [7, 11) is 1.30. The maximum atomic E-state index is 13.8. The van der Waals surface area contributed by atoms with Gasteiger partial charge in [-0.3, -0.25) is 9.59 Å². The van der Waals surface area contributed by atoms with Crippen LogP contribution in [0.25, 0.3) is 0 Å². The number of hydrogen-bond acceptors (Lipinski definition) is 4. The summed E-state index contributed by atoms with van der Waals surface area (Å²) in [5.74, 6) is -1.38. The predicted octanol–water partition coefficient (Wildman–Crippen LogP) is 1.99. The number of carbonyl (C=O) groups is 2. The second-order valence-electron chi connectivity index (χ2n) is 4.65. The Morgan fingerprint density at radius 2 is 2.29 bits per heavy atom. The van der Waals surface area contributed by atoms with Crippen molar-refractivity contribution in [2.24, 2.45) is 0 Å². The SMILES string of the molecule is COC(=O)CC1CN(C(=O)c2ccc(Br)cc2F)CCO1. The molecule has 1 atom stereocenters. The standard InChI is InChI=1S/C14H15BrFNO4/c1-20-13(18)7-10-8-17(4-5-21-10)14(19)11-3-2-9(15)6-12(11)16/h2-3,6,10H,4-5,7-8H2,1H3. The highest BCUT2D eigenvalue weighted by molar-refractivity contribution is 9.10. The molecule has 1 unspecified atom stereocenters. The summed E-state index contributed by atoms with van der Waals surface area (Å²) in [6.45, 7) is 0.918. The molecule has 1 aliphatic rings. The number of nitrogens with zero attached hydrogens (tertiary/aromatic N) is 1. The van der Waals surface area contributed by atoms with E-state index in [1.54, 1.807) is 6.07 Å². The van der Waals surface area contributed by atoms with Crippen LogP contribution in [0.2, 0.25) is 0 Å². The molecule has 0 spiro atoms. The molecule has 1 aromatic rings.